The predicted octanol–water partition coefficient (Wildman–Crippen LogP) is 6.72. The number of carboxylic acids is 1. The molecule has 2 aliphatic rings. The van der Waals surface area contributed by atoms with Crippen LogP contribution in [0.5, 0.6) is 0 Å². The van der Waals surface area contributed by atoms with Crippen molar-refractivity contribution in [1.29, 1.82) is 0 Å². The third-order valence-corrected chi connectivity index (χ3v) is 8.59. The third kappa shape index (κ3) is 6.53. The normalized spacial score (nSPS) is 23.4. The number of nitrogens with one attached hydrogen (secondary N) is 1. The zero-order chi connectivity index (χ0) is 27.8. The molecule has 5 rings (SSSR count). The van der Waals surface area contributed by atoms with Crippen LogP contribution in [0.15, 0.2) is 97.1 Å². The Morgan fingerprint density at radius 2 is 1.57 bits per heavy atom. The Morgan fingerprint density at radius 1 is 0.875 bits per heavy atom. The summed E-state index contributed by atoms with van der Waals surface area (Å²) in [7, 11) is 0. The van der Waals surface area contributed by atoms with Gasteiger partial charge in [0, 0.05) is 18.3 Å². The molecule has 208 valence electrons. The summed E-state index contributed by atoms with van der Waals surface area (Å²) in [5.41, 5.74) is 4.74. The van der Waals surface area contributed by atoms with E-state index in [9.17, 15) is 9.59 Å². The van der Waals surface area contributed by atoms with E-state index in [0.717, 1.165) is 32.1 Å². The summed E-state index contributed by atoms with van der Waals surface area (Å²) in [5.74, 6) is -0.462. The maximum Gasteiger partial charge on any atom is 0.303 e. The maximum absolute atomic E-state index is 13.1. The van der Waals surface area contributed by atoms with E-state index in [1.54, 1.807) is 0 Å². The molecule has 5 heteroatoms. The lowest BCUT2D eigenvalue weighted by Gasteiger charge is -2.39. The van der Waals surface area contributed by atoms with Crippen LogP contribution in [0.1, 0.15) is 56.1 Å². The van der Waals surface area contributed by atoms with Gasteiger partial charge in [-0.15, -0.1) is 0 Å². The summed E-state index contributed by atoms with van der Waals surface area (Å²) < 4.78 is 6.31. The van der Waals surface area contributed by atoms with Gasteiger partial charge in [-0.05, 0) is 66.7 Å². The van der Waals surface area contributed by atoms with Crippen molar-refractivity contribution in [2.45, 2.75) is 68.9 Å². The van der Waals surface area contributed by atoms with Crippen molar-refractivity contribution in [3.05, 3.63) is 108 Å². The third-order valence-electron chi connectivity index (χ3n) is 8.59. The molecule has 0 spiro atoms. The predicted molar refractivity (Wildman–Crippen MR) is 158 cm³/mol. The van der Waals surface area contributed by atoms with Gasteiger partial charge in [0.2, 0.25) is 5.91 Å². The molecule has 40 heavy (non-hydrogen) atoms. The monoisotopic (exact) mass is 537 g/mol. The van der Waals surface area contributed by atoms with Crippen LogP contribution in [0.2, 0.25) is 0 Å². The molecule has 0 unspecified atom stereocenters. The molecular weight excluding hydrogens is 498 g/mol. The van der Waals surface area contributed by atoms with Gasteiger partial charge < -0.3 is 15.2 Å². The molecule has 1 aliphatic carbocycles. The minimum Gasteiger partial charge on any atom is -0.481 e. The number of hydrogen-bond donors (Lipinski definition) is 2. The number of allylic oxidation sites excluding steroid dienone is 2. The van der Waals surface area contributed by atoms with Crippen LogP contribution in [0, 0.1) is 5.92 Å². The zero-order valence-corrected chi connectivity index (χ0v) is 23.0. The Labute approximate surface area is 237 Å². The lowest BCUT2D eigenvalue weighted by Crippen LogP contribution is -2.51. The fourth-order valence-electron chi connectivity index (χ4n) is 6.52. The van der Waals surface area contributed by atoms with Crippen LogP contribution in [-0.4, -0.2) is 35.7 Å². The van der Waals surface area contributed by atoms with Crippen molar-refractivity contribution >= 4 is 11.9 Å². The van der Waals surface area contributed by atoms with Crippen molar-refractivity contribution < 1.29 is 19.4 Å². The number of unbranched alkanes of at least 4 members (excludes halogenated alkanes) is 1. The van der Waals surface area contributed by atoms with Gasteiger partial charge in [-0.1, -0.05) is 97.1 Å². The molecule has 5 nitrogen and oxygen atoms in total. The number of benzene rings is 3. The summed E-state index contributed by atoms with van der Waals surface area (Å²) in [4.78, 5) is 24.0. The average molecular weight is 538 g/mol. The Hall–Kier alpha value is -3.70. The first kappa shape index (κ1) is 27.9. The van der Waals surface area contributed by atoms with Crippen LogP contribution >= 0.6 is 0 Å². The van der Waals surface area contributed by atoms with Crippen LogP contribution in [0.4, 0.5) is 0 Å². The second kappa shape index (κ2) is 13.1. The topological polar surface area (TPSA) is 75.6 Å². The molecule has 3 aromatic rings. The molecule has 1 saturated carbocycles. The quantitative estimate of drug-likeness (QED) is 0.188. The number of carbonyl (C=O) groups excluding carboxylic acids is 1. The van der Waals surface area contributed by atoms with Gasteiger partial charge in [-0.3, -0.25) is 9.59 Å². The number of aryl methyl sites for hydroxylation is 1. The lowest BCUT2D eigenvalue weighted by atomic mass is 9.70. The van der Waals surface area contributed by atoms with E-state index in [1.165, 1.54) is 22.3 Å². The number of ether oxygens (including phenoxy) is 1. The van der Waals surface area contributed by atoms with E-state index in [1.807, 2.05) is 24.3 Å². The fourth-order valence-corrected chi connectivity index (χ4v) is 6.52. The van der Waals surface area contributed by atoms with E-state index in [0.29, 0.717) is 19.4 Å². The number of carbonyl (C=O) groups is 2. The molecule has 1 amide bonds. The first-order chi connectivity index (χ1) is 19.5. The number of aliphatic carboxylic acids is 1. The molecule has 1 aliphatic heterocycles. The van der Waals surface area contributed by atoms with Crippen molar-refractivity contribution in [1.82, 2.24) is 5.32 Å². The standard InChI is InChI=1S/C35H39NO4/c37-32(18-11-14-26-12-5-3-6-13-26)36-34-30(17-9-1-2-10-19-33(38)39)35(24-31(34)40-25-35)29-22-20-28(21-23-29)27-15-7-4-8-16-27/h1,3-9,12-13,15-16,20-23,30-31,34H,2,10-11,14,17-19,24-25H2,(H,36,37)(H,38,39)/b9-1-/t30-,31-,34-,35-/m0/s1. The molecular formula is C35H39NO4. The second-order valence-electron chi connectivity index (χ2n) is 11.2. The van der Waals surface area contributed by atoms with Gasteiger partial charge >= 0.3 is 5.97 Å². The molecule has 1 saturated heterocycles. The van der Waals surface area contributed by atoms with Crippen LogP contribution in [0.25, 0.3) is 11.1 Å². The highest BCUT2D eigenvalue weighted by Crippen LogP contribution is 2.53. The zero-order valence-electron chi connectivity index (χ0n) is 23.0. The average Bonchev–Trinajstić information content (AvgIpc) is 3.54. The molecule has 1 heterocycles. The van der Waals surface area contributed by atoms with E-state index in [4.69, 9.17) is 9.84 Å². The summed E-state index contributed by atoms with van der Waals surface area (Å²) >= 11 is 0. The molecule has 0 radical (unpaired) electrons. The fraction of sp³-hybridized carbons (Fsp3) is 0.371. The van der Waals surface area contributed by atoms with E-state index < -0.39 is 5.97 Å². The van der Waals surface area contributed by atoms with Gasteiger partial charge in [-0.25, -0.2) is 0 Å². The summed E-state index contributed by atoms with van der Waals surface area (Å²) in [6, 6.07) is 29.5. The summed E-state index contributed by atoms with van der Waals surface area (Å²) in [6.45, 7) is 0.653. The smallest absolute Gasteiger partial charge is 0.303 e. The SMILES string of the molecule is O=C(O)CCC/C=C\C[C@H]1[C@H](NC(=O)CCCc2ccccc2)[C@@H]2C[C@@]1(c1ccc(-c3ccccc3)cc1)CO2. The minimum atomic E-state index is -0.758. The highest BCUT2D eigenvalue weighted by molar-refractivity contribution is 5.76. The lowest BCUT2D eigenvalue weighted by molar-refractivity contribution is -0.137. The Bertz CT molecular complexity index is 1290. The van der Waals surface area contributed by atoms with Crippen molar-refractivity contribution in [3.8, 4) is 11.1 Å². The first-order valence-corrected chi connectivity index (χ1v) is 14.5. The number of rotatable bonds is 13. The van der Waals surface area contributed by atoms with E-state index >= 15 is 0 Å². The number of fused-ring (bicyclic) bond motifs is 2. The van der Waals surface area contributed by atoms with Gasteiger partial charge in [-0.2, -0.15) is 0 Å². The van der Waals surface area contributed by atoms with Gasteiger partial charge in [0.15, 0.2) is 0 Å². The number of amides is 1. The first-order valence-electron chi connectivity index (χ1n) is 14.5. The van der Waals surface area contributed by atoms with Crippen LogP contribution in [-0.2, 0) is 26.2 Å². The second-order valence-corrected chi connectivity index (χ2v) is 11.2. The highest BCUT2D eigenvalue weighted by Gasteiger charge is 2.59. The minimum absolute atomic E-state index is 0.00252. The summed E-state index contributed by atoms with van der Waals surface area (Å²) in [5, 5.41) is 12.3. The molecule has 2 N–H and O–H groups in total. The van der Waals surface area contributed by atoms with Crippen molar-refractivity contribution in [3.63, 3.8) is 0 Å². The molecule has 2 fully saturated rings. The van der Waals surface area contributed by atoms with Gasteiger partial charge in [0.1, 0.15) is 0 Å². The number of hydrogen-bond acceptors (Lipinski definition) is 3. The van der Waals surface area contributed by atoms with Crippen LogP contribution in [0.3, 0.4) is 0 Å². The van der Waals surface area contributed by atoms with Gasteiger partial charge in [0.25, 0.3) is 0 Å². The molecule has 4 atom stereocenters. The summed E-state index contributed by atoms with van der Waals surface area (Å²) in [6.07, 6.45) is 9.75. The Kier molecular flexibility index (Phi) is 9.12. The number of carboxylic acid groups (broad SMARTS) is 1. The van der Waals surface area contributed by atoms with Crippen molar-refractivity contribution in [2.24, 2.45) is 5.92 Å². The molecule has 0 aromatic heterocycles. The van der Waals surface area contributed by atoms with Crippen molar-refractivity contribution in [2.75, 3.05) is 6.61 Å². The molecule has 3 aromatic carbocycles. The Balaban J connectivity index is 1.29. The maximum atomic E-state index is 13.1. The van der Waals surface area contributed by atoms with Gasteiger partial charge in [0.05, 0.1) is 18.8 Å². The van der Waals surface area contributed by atoms with E-state index in [-0.39, 0.29) is 35.8 Å². The highest BCUT2D eigenvalue weighted by atomic mass is 16.5. The Morgan fingerprint density at radius 3 is 2.30 bits per heavy atom. The van der Waals surface area contributed by atoms with E-state index in [2.05, 4.69) is 78.1 Å². The molecule has 2 bridgehead atoms. The van der Waals surface area contributed by atoms with Crippen LogP contribution < -0.4 is 5.32 Å². The largest absolute Gasteiger partial charge is 0.481 e.